The van der Waals surface area contributed by atoms with Crippen LogP contribution in [-0.4, -0.2) is 29.6 Å². The lowest BCUT2D eigenvalue weighted by Gasteiger charge is -2.26. The molecule has 0 radical (unpaired) electrons. The maximum atomic E-state index is 6.07. The van der Waals surface area contributed by atoms with Crippen LogP contribution in [0.3, 0.4) is 0 Å². The Morgan fingerprint density at radius 1 is 1.00 bits per heavy atom. The molecule has 3 rings (SSSR count). The van der Waals surface area contributed by atoms with Gasteiger partial charge in [-0.15, -0.1) is 0 Å². The van der Waals surface area contributed by atoms with E-state index in [-0.39, 0.29) is 0 Å². The summed E-state index contributed by atoms with van der Waals surface area (Å²) in [6.45, 7) is 1.32. The van der Waals surface area contributed by atoms with Crippen LogP contribution in [-0.2, 0) is 0 Å². The van der Waals surface area contributed by atoms with Crippen molar-refractivity contribution in [1.82, 2.24) is 4.90 Å². The average molecular weight is 166 g/mol. The first-order valence-electron chi connectivity index (χ1n) is 5.36. The predicted molar refractivity (Wildman–Crippen MR) is 48.8 cm³/mol. The zero-order valence-electron chi connectivity index (χ0n) is 7.58. The molecular weight excluding hydrogens is 148 g/mol. The fourth-order valence-corrected chi connectivity index (χ4v) is 3.05. The molecule has 0 spiro atoms. The number of nitrogens with two attached hydrogens (primary N) is 1. The molecule has 0 aromatic heterocycles. The third-order valence-electron chi connectivity index (χ3n) is 3.94. The summed E-state index contributed by atoms with van der Waals surface area (Å²) < 4.78 is 0. The first-order chi connectivity index (χ1) is 5.84. The van der Waals surface area contributed by atoms with E-state index >= 15 is 0 Å². The molecule has 2 nitrogen and oxygen atoms in total. The van der Waals surface area contributed by atoms with Gasteiger partial charge in [0.2, 0.25) is 0 Å². The molecule has 2 N–H and O–H groups in total. The van der Waals surface area contributed by atoms with Crippen LogP contribution >= 0.6 is 0 Å². The van der Waals surface area contributed by atoms with Crippen LogP contribution in [0.15, 0.2) is 0 Å². The second-order valence-electron chi connectivity index (χ2n) is 4.82. The lowest BCUT2D eigenvalue weighted by atomic mass is 9.86. The minimum Gasteiger partial charge on any atom is -0.327 e. The molecule has 3 fully saturated rings. The Kier molecular flexibility index (Phi) is 1.50. The molecule has 0 aromatic carbocycles. The molecule has 3 atom stereocenters. The van der Waals surface area contributed by atoms with Crippen molar-refractivity contribution in [1.29, 1.82) is 0 Å². The Labute approximate surface area is 74.1 Å². The van der Waals surface area contributed by atoms with E-state index in [9.17, 15) is 0 Å². The van der Waals surface area contributed by atoms with Crippen molar-refractivity contribution in [3.8, 4) is 0 Å². The van der Waals surface area contributed by atoms with E-state index in [0.29, 0.717) is 6.04 Å². The van der Waals surface area contributed by atoms with E-state index in [1.54, 1.807) is 0 Å². The van der Waals surface area contributed by atoms with Crippen molar-refractivity contribution in [2.75, 3.05) is 6.54 Å². The van der Waals surface area contributed by atoms with Gasteiger partial charge in [-0.2, -0.15) is 0 Å². The van der Waals surface area contributed by atoms with Crippen molar-refractivity contribution in [2.24, 2.45) is 11.7 Å². The molecule has 2 aliphatic carbocycles. The largest absolute Gasteiger partial charge is 0.327 e. The number of fused-ring (bicyclic) bond motifs is 2. The molecule has 1 heterocycles. The molecule has 2 bridgehead atoms. The number of hydrogen-bond acceptors (Lipinski definition) is 2. The van der Waals surface area contributed by atoms with Crippen molar-refractivity contribution in [3.05, 3.63) is 0 Å². The highest BCUT2D eigenvalue weighted by atomic mass is 15.2. The number of nitrogens with zero attached hydrogens (tertiary/aromatic N) is 1. The summed E-state index contributed by atoms with van der Waals surface area (Å²) in [5, 5.41) is 0. The van der Waals surface area contributed by atoms with E-state index < -0.39 is 0 Å². The lowest BCUT2D eigenvalue weighted by Crippen LogP contribution is -2.34. The van der Waals surface area contributed by atoms with Crippen molar-refractivity contribution < 1.29 is 0 Å². The normalized spacial score (nSPS) is 48.2. The summed E-state index contributed by atoms with van der Waals surface area (Å²) in [6.07, 6.45) is 6.96. The van der Waals surface area contributed by atoms with E-state index in [1.807, 2.05) is 0 Å². The van der Waals surface area contributed by atoms with Gasteiger partial charge in [0.15, 0.2) is 0 Å². The third-order valence-corrected chi connectivity index (χ3v) is 3.94. The quantitative estimate of drug-likeness (QED) is 0.628. The number of hydrogen-bond donors (Lipinski definition) is 1. The van der Waals surface area contributed by atoms with E-state index in [0.717, 1.165) is 18.0 Å². The molecule has 3 aliphatic rings. The molecule has 2 heteroatoms. The summed E-state index contributed by atoms with van der Waals surface area (Å²) in [5.41, 5.74) is 6.07. The van der Waals surface area contributed by atoms with Crippen LogP contribution in [0.4, 0.5) is 0 Å². The van der Waals surface area contributed by atoms with Crippen molar-refractivity contribution in [3.63, 3.8) is 0 Å². The Bertz CT molecular complexity index is 188. The molecular formula is C10H18N2. The van der Waals surface area contributed by atoms with Gasteiger partial charge in [-0.25, -0.2) is 0 Å². The third kappa shape index (κ3) is 1.01. The molecule has 0 amide bonds. The van der Waals surface area contributed by atoms with E-state index in [1.165, 1.54) is 38.6 Å². The number of rotatable bonds is 1. The van der Waals surface area contributed by atoms with Gasteiger partial charge in [0.1, 0.15) is 0 Å². The molecule has 0 aromatic rings. The maximum Gasteiger partial charge on any atom is 0.0103 e. The van der Waals surface area contributed by atoms with Gasteiger partial charge >= 0.3 is 0 Å². The molecule has 68 valence electrons. The summed E-state index contributed by atoms with van der Waals surface area (Å²) in [6, 6.07) is 2.40. The van der Waals surface area contributed by atoms with Crippen molar-refractivity contribution in [2.45, 2.75) is 50.2 Å². The van der Waals surface area contributed by atoms with Crippen LogP contribution in [0.25, 0.3) is 0 Å². The highest BCUT2D eigenvalue weighted by Gasteiger charge is 2.44. The molecule has 2 saturated carbocycles. The van der Waals surface area contributed by atoms with Crippen molar-refractivity contribution >= 4 is 0 Å². The minimum absolute atomic E-state index is 0.519. The summed E-state index contributed by atoms with van der Waals surface area (Å²) in [4.78, 5) is 2.75. The highest BCUT2D eigenvalue weighted by Crippen LogP contribution is 2.41. The minimum atomic E-state index is 0.519. The zero-order valence-corrected chi connectivity index (χ0v) is 7.58. The molecule has 12 heavy (non-hydrogen) atoms. The first-order valence-corrected chi connectivity index (χ1v) is 5.36. The average Bonchev–Trinajstić information content (AvgIpc) is 2.83. The highest BCUT2D eigenvalue weighted by molar-refractivity contribution is 5.00. The standard InChI is InChI=1S/C10H18N2/c11-10-4-3-9-5-7(10)6-12(9)8-1-2-8/h7-10H,1-6,11H2. The van der Waals surface area contributed by atoms with Gasteiger partial charge in [-0.3, -0.25) is 4.90 Å². The smallest absolute Gasteiger partial charge is 0.0103 e. The Hall–Kier alpha value is -0.0800. The van der Waals surface area contributed by atoms with Gasteiger partial charge in [-0.1, -0.05) is 0 Å². The Morgan fingerprint density at radius 2 is 1.75 bits per heavy atom. The van der Waals surface area contributed by atoms with Gasteiger partial charge < -0.3 is 5.73 Å². The predicted octanol–water partition coefficient (Wildman–Crippen LogP) is 0.960. The second kappa shape index (κ2) is 2.46. The Balaban J connectivity index is 1.75. The monoisotopic (exact) mass is 166 g/mol. The summed E-state index contributed by atoms with van der Waals surface area (Å²) in [5.74, 6) is 0.837. The van der Waals surface area contributed by atoms with Crippen LogP contribution in [0.5, 0.6) is 0 Å². The SMILES string of the molecule is NC1CCC2CC1CN2C1CC1. The molecule has 3 unspecified atom stereocenters. The Morgan fingerprint density at radius 3 is 2.42 bits per heavy atom. The van der Waals surface area contributed by atoms with Gasteiger partial charge in [0.05, 0.1) is 0 Å². The van der Waals surface area contributed by atoms with Gasteiger partial charge in [0, 0.05) is 24.7 Å². The van der Waals surface area contributed by atoms with E-state index in [2.05, 4.69) is 4.90 Å². The fourth-order valence-electron chi connectivity index (χ4n) is 3.05. The number of likely N-dealkylation sites (tertiary alicyclic amines) is 1. The van der Waals surface area contributed by atoms with Crippen LogP contribution in [0, 0.1) is 5.92 Å². The lowest BCUT2D eigenvalue weighted by molar-refractivity contribution is 0.234. The van der Waals surface area contributed by atoms with Gasteiger partial charge in [-0.05, 0) is 38.0 Å². The van der Waals surface area contributed by atoms with Crippen LogP contribution < -0.4 is 5.73 Å². The summed E-state index contributed by atoms with van der Waals surface area (Å²) >= 11 is 0. The van der Waals surface area contributed by atoms with E-state index in [4.69, 9.17) is 5.73 Å². The zero-order chi connectivity index (χ0) is 8.13. The second-order valence-corrected chi connectivity index (χ2v) is 4.82. The molecule has 1 aliphatic heterocycles. The molecule has 1 saturated heterocycles. The van der Waals surface area contributed by atoms with Crippen LogP contribution in [0.2, 0.25) is 0 Å². The fraction of sp³-hybridized carbons (Fsp3) is 1.00. The topological polar surface area (TPSA) is 29.3 Å². The first kappa shape index (κ1) is 7.34. The summed E-state index contributed by atoms with van der Waals surface area (Å²) in [7, 11) is 0. The van der Waals surface area contributed by atoms with Gasteiger partial charge in [0.25, 0.3) is 0 Å². The maximum absolute atomic E-state index is 6.07. The van der Waals surface area contributed by atoms with Crippen LogP contribution in [0.1, 0.15) is 32.1 Å².